The number of fused-ring (bicyclic) bond motifs is 1. The van der Waals surface area contributed by atoms with E-state index in [-0.39, 0.29) is 11.8 Å². The molecule has 0 fully saturated rings. The largest absolute Gasteiger partial charge is 0.504 e. The molecule has 3 nitrogen and oxygen atoms in total. The van der Waals surface area contributed by atoms with Crippen molar-refractivity contribution in [3.05, 3.63) is 54.1 Å². The van der Waals surface area contributed by atoms with E-state index < -0.39 is 0 Å². The van der Waals surface area contributed by atoms with Gasteiger partial charge in [-0.3, -0.25) is 0 Å². The van der Waals surface area contributed by atoms with Gasteiger partial charge < -0.3 is 15.2 Å². The molecule has 19 heavy (non-hydrogen) atoms. The molecule has 2 aromatic rings. The lowest BCUT2D eigenvalue weighted by atomic mass is 9.99. The highest BCUT2D eigenvalue weighted by Gasteiger charge is 2.17. The lowest BCUT2D eigenvalue weighted by Gasteiger charge is -2.27. The molecule has 2 N–H and O–H groups in total. The van der Waals surface area contributed by atoms with E-state index in [4.69, 9.17) is 4.74 Å². The number of para-hydroxylation sites is 3. The van der Waals surface area contributed by atoms with E-state index in [0.717, 1.165) is 12.8 Å². The second-order valence-corrected chi connectivity index (χ2v) is 4.82. The minimum atomic E-state index is 0.193. The molecule has 98 valence electrons. The van der Waals surface area contributed by atoms with Gasteiger partial charge in [0.25, 0.3) is 0 Å². The van der Waals surface area contributed by atoms with Gasteiger partial charge in [0.1, 0.15) is 6.61 Å². The van der Waals surface area contributed by atoms with Crippen LogP contribution in [0.1, 0.15) is 12.0 Å². The van der Waals surface area contributed by atoms with Gasteiger partial charge in [-0.2, -0.15) is 0 Å². The molecule has 1 unspecified atom stereocenters. The second kappa shape index (κ2) is 5.22. The van der Waals surface area contributed by atoms with Gasteiger partial charge in [-0.25, -0.2) is 0 Å². The predicted molar refractivity (Wildman–Crippen MR) is 75.8 cm³/mol. The maximum atomic E-state index is 9.65. The Hall–Kier alpha value is -2.16. The normalized spacial score (nSPS) is 17.4. The van der Waals surface area contributed by atoms with E-state index >= 15 is 0 Å². The number of rotatable bonds is 3. The zero-order chi connectivity index (χ0) is 13.1. The first-order valence-electron chi connectivity index (χ1n) is 6.58. The van der Waals surface area contributed by atoms with Crippen molar-refractivity contribution in [3.8, 4) is 11.5 Å². The molecule has 1 aliphatic heterocycles. The van der Waals surface area contributed by atoms with Gasteiger partial charge >= 0.3 is 0 Å². The lowest BCUT2D eigenvalue weighted by molar-refractivity contribution is 0.276. The average molecular weight is 255 g/mol. The zero-order valence-electron chi connectivity index (χ0n) is 10.7. The van der Waals surface area contributed by atoms with E-state index in [0.29, 0.717) is 12.4 Å². The second-order valence-electron chi connectivity index (χ2n) is 4.82. The van der Waals surface area contributed by atoms with Crippen molar-refractivity contribution in [2.45, 2.75) is 18.9 Å². The first kappa shape index (κ1) is 11.9. The summed E-state index contributed by atoms with van der Waals surface area (Å²) in [5.74, 6) is 0.738. The summed E-state index contributed by atoms with van der Waals surface area (Å²) < 4.78 is 5.68. The van der Waals surface area contributed by atoms with Gasteiger partial charge in [-0.1, -0.05) is 30.3 Å². The van der Waals surface area contributed by atoms with Crippen LogP contribution < -0.4 is 10.1 Å². The van der Waals surface area contributed by atoms with Crippen LogP contribution >= 0.6 is 0 Å². The van der Waals surface area contributed by atoms with E-state index in [1.165, 1.54) is 11.3 Å². The van der Waals surface area contributed by atoms with Crippen molar-refractivity contribution in [2.75, 3.05) is 11.9 Å². The van der Waals surface area contributed by atoms with Crippen molar-refractivity contribution < 1.29 is 9.84 Å². The maximum Gasteiger partial charge on any atom is 0.161 e. The maximum absolute atomic E-state index is 9.65. The molecule has 0 bridgehead atoms. The molecule has 0 saturated heterocycles. The van der Waals surface area contributed by atoms with Crippen LogP contribution in [0.2, 0.25) is 0 Å². The van der Waals surface area contributed by atoms with Crippen LogP contribution in [0.4, 0.5) is 5.69 Å². The highest BCUT2D eigenvalue weighted by molar-refractivity contribution is 5.53. The zero-order valence-corrected chi connectivity index (χ0v) is 10.7. The molecule has 3 rings (SSSR count). The summed E-state index contributed by atoms with van der Waals surface area (Å²) in [6.45, 7) is 0.561. The number of nitrogens with one attached hydrogen (secondary N) is 1. The van der Waals surface area contributed by atoms with Gasteiger partial charge in [0.05, 0.1) is 6.04 Å². The van der Waals surface area contributed by atoms with E-state index in [1.807, 2.05) is 12.1 Å². The predicted octanol–water partition coefficient (Wildman–Crippen LogP) is 3.20. The number of benzene rings is 2. The number of aromatic hydroxyl groups is 1. The van der Waals surface area contributed by atoms with Gasteiger partial charge in [0, 0.05) is 5.69 Å². The monoisotopic (exact) mass is 255 g/mol. The van der Waals surface area contributed by atoms with Crippen molar-refractivity contribution in [1.82, 2.24) is 0 Å². The van der Waals surface area contributed by atoms with Crippen molar-refractivity contribution in [1.29, 1.82) is 0 Å². The summed E-state index contributed by atoms with van der Waals surface area (Å²) in [4.78, 5) is 0. The fourth-order valence-electron chi connectivity index (χ4n) is 2.40. The van der Waals surface area contributed by atoms with Crippen molar-refractivity contribution in [2.24, 2.45) is 0 Å². The third-order valence-electron chi connectivity index (χ3n) is 3.44. The van der Waals surface area contributed by atoms with Gasteiger partial charge in [0.15, 0.2) is 11.5 Å². The minimum Gasteiger partial charge on any atom is -0.504 e. The number of ether oxygens (including phenoxy) is 1. The molecule has 0 aromatic heterocycles. The standard InChI is InChI=1S/C16H17NO2/c18-15-7-3-4-8-16(15)19-11-13-10-9-12-5-1-2-6-14(12)17-13/h1-8,13,17-18H,9-11H2. The van der Waals surface area contributed by atoms with Crippen LogP contribution in [0.5, 0.6) is 11.5 Å². The third kappa shape index (κ3) is 2.65. The van der Waals surface area contributed by atoms with Gasteiger partial charge in [-0.15, -0.1) is 0 Å². The molecule has 0 aliphatic carbocycles. The number of phenolic OH excluding ortho intramolecular Hbond substituents is 1. The Morgan fingerprint density at radius 1 is 1.11 bits per heavy atom. The molecular formula is C16H17NO2. The lowest BCUT2D eigenvalue weighted by Crippen LogP contribution is -2.31. The van der Waals surface area contributed by atoms with Crippen LogP contribution in [-0.2, 0) is 6.42 Å². The Morgan fingerprint density at radius 2 is 1.89 bits per heavy atom. The van der Waals surface area contributed by atoms with Gasteiger partial charge in [-0.05, 0) is 36.6 Å². The Morgan fingerprint density at radius 3 is 2.79 bits per heavy atom. The molecule has 1 aliphatic rings. The molecule has 3 heteroatoms. The summed E-state index contributed by atoms with van der Waals surface area (Å²) in [5.41, 5.74) is 2.56. The smallest absolute Gasteiger partial charge is 0.161 e. The Kier molecular flexibility index (Phi) is 3.27. The molecule has 1 atom stereocenters. The highest BCUT2D eigenvalue weighted by atomic mass is 16.5. The van der Waals surface area contributed by atoms with E-state index in [2.05, 4.69) is 23.5 Å². The SMILES string of the molecule is Oc1ccccc1OCC1CCc2ccccc2N1. The first-order chi connectivity index (χ1) is 9.33. The number of aryl methyl sites for hydroxylation is 1. The Balaban J connectivity index is 1.62. The topological polar surface area (TPSA) is 41.5 Å². The fraction of sp³-hybridized carbons (Fsp3) is 0.250. The number of hydrogen-bond acceptors (Lipinski definition) is 3. The summed E-state index contributed by atoms with van der Waals surface area (Å²) in [6.07, 6.45) is 2.11. The average Bonchev–Trinajstić information content (AvgIpc) is 2.46. The molecule has 0 amide bonds. The Labute approximate surface area is 112 Å². The summed E-state index contributed by atoms with van der Waals surface area (Å²) >= 11 is 0. The van der Waals surface area contributed by atoms with E-state index in [1.54, 1.807) is 18.2 Å². The summed E-state index contributed by atoms with van der Waals surface area (Å²) in [5, 5.41) is 13.1. The molecule has 0 spiro atoms. The fourth-order valence-corrected chi connectivity index (χ4v) is 2.40. The van der Waals surface area contributed by atoms with Crippen molar-refractivity contribution in [3.63, 3.8) is 0 Å². The number of anilines is 1. The van der Waals surface area contributed by atoms with Crippen LogP contribution in [-0.4, -0.2) is 17.8 Å². The molecule has 1 heterocycles. The molecule has 2 aromatic carbocycles. The van der Waals surface area contributed by atoms with Crippen LogP contribution in [0.25, 0.3) is 0 Å². The van der Waals surface area contributed by atoms with Gasteiger partial charge in [0.2, 0.25) is 0 Å². The minimum absolute atomic E-state index is 0.193. The number of phenols is 1. The first-order valence-corrected chi connectivity index (χ1v) is 6.58. The highest BCUT2D eigenvalue weighted by Crippen LogP contribution is 2.27. The summed E-state index contributed by atoms with van der Waals surface area (Å²) in [6, 6.07) is 15.7. The quantitative estimate of drug-likeness (QED) is 0.885. The third-order valence-corrected chi connectivity index (χ3v) is 3.44. The van der Waals surface area contributed by atoms with Crippen molar-refractivity contribution >= 4 is 5.69 Å². The molecule has 0 radical (unpaired) electrons. The summed E-state index contributed by atoms with van der Waals surface area (Å²) in [7, 11) is 0. The molecule has 0 saturated carbocycles. The van der Waals surface area contributed by atoms with Crippen LogP contribution in [0, 0.1) is 0 Å². The number of hydrogen-bond donors (Lipinski definition) is 2. The Bertz CT molecular complexity index is 568. The van der Waals surface area contributed by atoms with Crippen LogP contribution in [0.15, 0.2) is 48.5 Å². The molecular weight excluding hydrogens is 238 g/mol. The van der Waals surface area contributed by atoms with E-state index in [9.17, 15) is 5.11 Å². The van der Waals surface area contributed by atoms with Crippen LogP contribution in [0.3, 0.4) is 0 Å².